The molecule has 0 unspecified atom stereocenters. The topological polar surface area (TPSA) is 77.5 Å². The van der Waals surface area contributed by atoms with Gasteiger partial charge in [-0.3, -0.25) is 4.79 Å². The molecule has 0 aliphatic heterocycles. The Balaban J connectivity index is 2.60. The standard InChI is InChI=1S/C11H14N2O4/c1-3-17-10(14)7-13-9-6-8(4-5-12-9)11(15)16-2/h4-6H,3,7H2,1-2H3,(H,12,13). The van der Waals surface area contributed by atoms with Crippen LogP contribution in [-0.2, 0) is 14.3 Å². The van der Waals surface area contributed by atoms with Crippen LogP contribution in [0.15, 0.2) is 18.3 Å². The van der Waals surface area contributed by atoms with E-state index in [-0.39, 0.29) is 12.5 Å². The molecule has 0 amide bonds. The number of carbonyl (C=O) groups excluding carboxylic acids is 2. The molecule has 1 rings (SSSR count). The summed E-state index contributed by atoms with van der Waals surface area (Å²) in [4.78, 5) is 26.3. The molecule has 0 aliphatic rings. The van der Waals surface area contributed by atoms with Crippen LogP contribution in [0.1, 0.15) is 17.3 Å². The Bertz CT molecular complexity index is 406. The first-order valence-electron chi connectivity index (χ1n) is 5.11. The summed E-state index contributed by atoms with van der Waals surface area (Å²) in [6.45, 7) is 2.07. The molecule has 0 saturated carbocycles. The molecule has 1 N–H and O–H groups in total. The predicted molar refractivity (Wildman–Crippen MR) is 60.7 cm³/mol. The lowest BCUT2D eigenvalue weighted by molar-refractivity contribution is -0.140. The van der Waals surface area contributed by atoms with E-state index in [1.165, 1.54) is 25.4 Å². The lowest BCUT2D eigenvalue weighted by atomic mass is 10.2. The van der Waals surface area contributed by atoms with Gasteiger partial charge < -0.3 is 14.8 Å². The largest absolute Gasteiger partial charge is 0.465 e. The number of methoxy groups -OCH3 is 1. The molecule has 0 saturated heterocycles. The van der Waals surface area contributed by atoms with Gasteiger partial charge in [-0.1, -0.05) is 0 Å². The molecule has 1 aromatic rings. The number of hydrogen-bond acceptors (Lipinski definition) is 6. The van der Waals surface area contributed by atoms with E-state index in [0.29, 0.717) is 18.0 Å². The molecule has 0 aromatic carbocycles. The zero-order valence-electron chi connectivity index (χ0n) is 9.73. The van der Waals surface area contributed by atoms with Gasteiger partial charge >= 0.3 is 11.9 Å². The Labute approximate surface area is 98.9 Å². The smallest absolute Gasteiger partial charge is 0.338 e. The number of pyridine rings is 1. The van der Waals surface area contributed by atoms with Gasteiger partial charge in [0.15, 0.2) is 0 Å². The second-order valence-corrected chi connectivity index (χ2v) is 3.08. The number of nitrogens with zero attached hydrogens (tertiary/aromatic N) is 1. The molecule has 6 heteroatoms. The van der Waals surface area contributed by atoms with Crippen LogP contribution in [0, 0.1) is 0 Å². The molecule has 1 heterocycles. The molecule has 92 valence electrons. The maximum atomic E-state index is 11.2. The van der Waals surface area contributed by atoms with E-state index in [1.807, 2.05) is 0 Å². The van der Waals surface area contributed by atoms with Crippen LogP contribution in [0.4, 0.5) is 5.82 Å². The van der Waals surface area contributed by atoms with Gasteiger partial charge in [-0.25, -0.2) is 9.78 Å². The van der Waals surface area contributed by atoms with E-state index in [0.717, 1.165) is 0 Å². The molecule has 0 aliphatic carbocycles. The lowest BCUT2D eigenvalue weighted by Crippen LogP contribution is -2.17. The van der Waals surface area contributed by atoms with Gasteiger partial charge in [0.2, 0.25) is 0 Å². The maximum absolute atomic E-state index is 11.2. The van der Waals surface area contributed by atoms with Crippen LogP contribution in [0.5, 0.6) is 0 Å². The van der Waals surface area contributed by atoms with Gasteiger partial charge in [-0.05, 0) is 19.1 Å². The van der Waals surface area contributed by atoms with Gasteiger partial charge in [0, 0.05) is 6.20 Å². The van der Waals surface area contributed by atoms with Crippen molar-refractivity contribution in [3.05, 3.63) is 23.9 Å². The summed E-state index contributed by atoms with van der Waals surface area (Å²) in [6.07, 6.45) is 1.46. The van der Waals surface area contributed by atoms with E-state index in [9.17, 15) is 9.59 Å². The van der Waals surface area contributed by atoms with Crippen LogP contribution in [-0.4, -0.2) is 37.2 Å². The number of carbonyl (C=O) groups is 2. The van der Waals surface area contributed by atoms with Crippen molar-refractivity contribution in [2.75, 3.05) is 25.6 Å². The molecular weight excluding hydrogens is 224 g/mol. The number of rotatable bonds is 5. The highest BCUT2D eigenvalue weighted by Gasteiger charge is 2.07. The third-order valence-electron chi connectivity index (χ3n) is 1.90. The van der Waals surface area contributed by atoms with E-state index in [4.69, 9.17) is 4.74 Å². The number of aromatic nitrogens is 1. The van der Waals surface area contributed by atoms with Crippen molar-refractivity contribution in [1.82, 2.24) is 4.98 Å². The third-order valence-corrected chi connectivity index (χ3v) is 1.90. The predicted octanol–water partition coefficient (Wildman–Crippen LogP) is 0.843. The number of hydrogen-bond donors (Lipinski definition) is 1. The fourth-order valence-electron chi connectivity index (χ4n) is 1.15. The van der Waals surface area contributed by atoms with Crippen LogP contribution in [0.2, 0.25) is 0 Å². The number of esters is 2. The first-order valence-corrected chi connectivity index (χ1v) is 5.11. The zero-order chi connectivity index (χ0) is 12.7. The Morgan fingerprint density at radius 3 is 2.88 bits per heavy atom. The Kier molecular flexibility index (Phi) is 4.93. The molecule has 0 atom stereocenters. The van der Waals surface area contributed by atoms with Gasteiger partial charge in [-0.2, -0.15) is 0 Å². The van der Waals surface area contributed by atoms with E-state index in [2.05, 4.69) is 15.0 Å². The zero-order valence-corrected chi connectivity index (χ0v) is 9.73. The van der Waals surface area contributed by atoms with Gasteiger partial charge in [0.1, 0.15) is 12.4 Å². The van der Waals surface area contributed by atoms with Crippen LogP contribution in [0.3, 0.4) is 0 Å². The van der Waals surface area contributed by atoms with E-state index < -0.39 is 5.97 Å². The average Bonchev–Trinajstić information content (AvgIpc) is 2.36. The maximum Gasteiger partial charge on any atom is 0.338 e. The third kappa shape index (κ3) is 4.10. The molecule has 0 spiro atoms. The summed E-state index contributed by atoms with van der Waals surface area (Å²) < 4.78 is 9.31. The van der Waals surface area contributed by atoms with Crippen molar-refractivity contribution in [1.29, 1.82) is 0 Å². The van der Waals surface area contributed by atoms with Gasteiger partial charge in [0.05, 0.1) is 19.3 Å². The number of ether oxygens (including phenoxy) is 2. The summed E-state index contributed by atoms with van der Waals surface area (Å²) >= 11 is 0. The number of anilines is 1. The van der Waals surface area contributed by atoms with Crippen molar-refractivity contribution >= 4 is 17.8 Å². The first kappa shape index (κ1) is 13.0. The fourth-order valence-corrected chi connectivity index (χ4v) is 1.15. The summed E-state index contributed by atoms with van der Waals surface area (Å²) in [7, 11) is 1.30. The van der Waals surface area contributed by atoms with Gasteiger partial charge in [-0.15, -0.1) is 0 Å². The summed E-state index contributed by atoms with van der Waals surface area (Å²) in [6, 6.07) is 3.03. The lowest BCUT2D eigenvalue weighted by Gasteiger charge is -2.06. The molecule has 0 fully saturated rings. The molecule has 6 nitrogen and oxygen atoms in total. The fraction of sp³-hybridized carbons (Fsp3) is 0.364. The Hall–Kier alpha value is -2.11. The second kappa shape index (κ2) is 6.47. The summed E-state index contributed by atoms with van der Waals surface area (Å²) in [5.74, 6) is -0.412. The first-order chi connectivity index (χ1) is 8.17. The van der Waals surface area contributed by atoms with Crippen molar-refractivity contribution in [2.24, 2.45) is 0 Å². The highest BCUT2D eigenvalue weighted by Crippen LogP contribution is 2.07. The highest BCUT2D eigenvalue weighted by molar-refractivity contribution is 5.90. The normalized spacial score (nSPS) is 9.53. The molecule has 1 aromatic heterocycles. The minimum absolute atomic E-state index is 0.00542. The van der Waals surface area contributed by atoms with E-state index in [1.54, 1.807) is 6.92 Å². The van der Waals surface area contributed by atoms with Crippen molar-refractivity contribution in [3.63, 3.8) is 0 Å². The van der Waals surface area contributed by atoms with Crippen LogP contribution < -0.4 is 5.32 Å². The Morgan fingerprint density at radius 1 is 1.47 bits per heavy atom. The monoisotopic (exact) mass is 238 g/mol. The van der Waals surface area contributed by atoms with E-state index >= 15 is 0 Å². The van der Waals surface area contributed by atoms with Crippen molar-refractivity contribution < 1.29 is 19.1 Å². The summed E-state index contributed by atoms with van der Waals surface area (Å²) in [5.41, 5.74) is 0.369. The quantitative estimate of drug-likeness (QED) is 0.766. The van der Waals surface area contributed by atoms with Crippen molar-refractivity contribution in [2.45, 2.75) is 6.92 Å². The molecule has 0 radical (unpaired) electrons. The Morgan fingerprint density at radius 2 is 2.24 bits per heavy atom. The SMILES string of the molecule is CCOC(=O)CNc1cc(C(=O)OC)ccn1. The van der Waals surface area contributed by atoms with Gasteiger partial charge in [0.25, 0.3) is 0 Å². The summed E-state index contributed by atoms with van der Waals surface area (Å²) in [5, 5.41) is 2.76. The minimum Gasteiger partial charge on any atom is -0.465 e. The average molecular weight is 238 g/mol. The molecule has 0 bridgehead atoms. The number of nitrogens with one attached hydrogen (secondary N) is 1. The van der Waals surface area contributed by atoms with Crippen molar-refractivity contribution in [3.8, 4) is 0 Å². The highest BCUT2D eigenvalue weighted by atomic mass is 16.5. The second-order valence-electron chi connectivity index (χ2n) is 3.08. The van der Waals surface area contributed by atoms with Crippen LogP contribution in [0.25, 0.3) is 0 Å². The molecule has 17 heavy (non-hydrogen) atoms. The van der Waals surface area contributed by atoms with Crippen LogP contribution >= 0.6 is 0 Å². The minimum atomic E-state index is -0.452. The molecular formula is C11H14N2O4.